The molecule has 122 valence electrons. The van der Waals surface area contributed by atoms with Crippen LogP contribution in [0.2, 0.25) is 0 Å². The summed E-state index contributed by atoms with van der Waals surface area (Å²) in [5, 5.41) is 0. The molecule has 0 aliphatic rings. The van der Waals surface area contributed by atoms with Crippen LogP contribution >= 0.6 is 0 Å². The lowest BCUT2D eigenvalue weighted by Crippen LogP contribution is -2.56. The van der Waals surface area contributed by atoms with Crippen LogP contribution in [0.5, 0.6) is 0 Å². The van der Waals surface area contributed by atoms with Crippen LogP contribution in [0.15, 0.2) is 0 Å². The predicted molar refractivity (Wildman–Crippen MR) is 76.2 cm³/mol. The third-order valence-corrected chi connectivity index (χ3v) is 3.11. The Balaban J connectivity index is 5.19. The van der Waals surface area contributed by atoms with Gasteiger partial charge in [0.2, 0.25) is 0 Å². The van der Waals surface area contributed by atoms with Gasteiger partial charge in [-0.05, 0) is 6.42 Å². The van der Waals surface area contributed by atoms with Crippen molar-refractivity contribution in [3.8, 4) is 0 Å². The molecule has 0 aliphatic heterocycles. The van der Waals surface area contributed by atoms with Gasteiger partial charge in [-0.3, -0.25) is 0 Å². The van der Waals surface area contributed by atoms with Gasteiger partial charge in [0.25, 0.3) is 0 Å². The van der Waals surface area contributed by atoms with Crippen LogP contribution in [0, 0.1) is 0 Å². The minimum absolute atomic E-state index is 0.365. The standard InChI is InChI=1S/C14H30O6/c1-7-13(8-15-2,9-16-3)20-14(10-17-4,11-18-5)12-19-6/h7-12H2,1-6H3. The first kappa shape index (κ1) is 19.8. The van der Waals surface area contributed by atoms with E-state index in [1.807, 2.05) is 6.92 Å². The highest BCUT2D eigenvalue weighted by atomic mass is 16.6. The summed E-state index contributed by atoms with van der Waals surface area (Å²) in [6.45, 7) is 3.99. The van der Waals surface area contributed by atoms with E-state index in [-0.39, 0.29) is 0 Å². The van der Waals surface area contributed by atoms with E-state index in [0.29, 0.717) is 33.0 Å². The largest absolute Gasteiger partial charge is 0.382 e. The molecule has 0 fully saturated rings. The molecular weight excluding hydrogens is 264 g/mol. The summed E-state index contributed by atoms with van der Waals surface area (Å²) < 4.78 is 32.8. The van der Waals surface area contributed by atoms with Gasteiger partial charge >= 0.3 is 0 Å². The van der Waals surface area contributed by atoms with Gasteiger partial charge in [0.1, 0.15) is 11.2 Å². The van der Waals surface area contributed by atoms with Crippen molar-refractivity contribution in [2.75, 3.05) is 68.6 Å². The van der Waals surface area contributed by atoms with Crippen molar-refractivity contribution in [2.45, 2.75) is 24.5 Å². The zero-order valence-electron chi connectivity index (χ0n) is 13.7. The van der Waals surface area contributed by atoms with Crippen LogP contribution < -0.4 is 0 Å². The highest BCUT2D eigenvalue weighted by Gasteiger charge is 2.42. The monoisotopic (exact) mass is 294 g/mol. The molecule has 0 bridgehead atoms. The van der Waals surface area contributed by atoms with Crippen LogP contribution in [0.4, 0.5) is 0 Å². The molecular formula is C14H30O6. The average Bonchev–Trinajstić information content (AvgIpc) is 2.40. The van der Waals surface area contributed by atoms with E-state index in [1.165, 1.54) is 0 Å². The molecule has 0 radical (unpaired) electrons. The topological polar surface area (TPSA) is 55.4 Å². The third kappa shape index (κ3) is 6.03. The number of ether oxygens (including phenoxy) is 6. The van der Waals surface area contributed by atoms with Gasteiger partial charge < -0.3 is 28.4 Å². The SMILES string of the molecule is CCC(COC)(COC)OC(COC)(COC)COC. The molecule has 0 saturated carbocycles. The highest BCUT2D eigenvalue weighted by Crippen LogP contribution is 2.27. The Hall–Kier alpha value is -0.240. The molecule has 20 heavy (non-hydrogen) atoms. The maximum absolute atomic E-state index is 6.35. The summed E-state index contributed by atoms with van der Waals surface area (Å²) in [6, 6.07) is 0. The zero-order chi connectivity index (χ0) is 15.5. The first-order valence-electron chi connectivity index (χ1n) is 6.72. The second kappa shape index (κ2) is 10.5. The molecule has 0 aromatic heterocycles. The summed E-state index contributed by atoms with van der Waals surface area (Å²) in [7, 11) is 8.18. The smallest absolute Gasteiger partial charge is 0.139 e. The van der Waals surface area contributed by atoms with Crippen molar-refractivity contribution < 1.29 is 28.4 Å². The van der Waals surface area contributed by atoms with Crippen molar-refractivity contribution in [1.29, 1.82) is 0 Å². The van der Waals surface area contributed by atoms with Gasteiger partial charge in [-0.15, -0.1) is 0 Å². The Labute approximate surface area is 122 Å². The predicted octanol–water partition coefficient (Wildman–Crippen LogP) is 1.12. The van der Waals surface area contributed by atoms with E-state index in [2.05, 4.69) is 0 Å². The van der Waals surface area contributed by atoms with Crippen LogP contribution in [-0.4, -0.2) is 79.8 Å². The first-order valence-corrected chi connectivity index (χ1v) is 6.72. The van der Waals surface area contributed by atoms with Crippen LogP contribution in [0.1, 0.15) is 13.3 Å². The lowest BCUT2D eigenvalue weighted by atomic mass is 9.99. The first-order chi connectivity index (χ1) is 9.57. The number of rotatable bonds is 13. The lowest BCUT2D eigenvalue weighted by Gasteiger charge is -2.42. The van der Waals surface area contributed by atoms with Crippen molar-refractivity contribution in [3.63, 3.8) is 0 Å². The second-order valence-corrected chi connectivity index (χ2v) is 4.99. The van der Waals surface area contributed by atoms with Crippen LogP contribution in [0.3, 0.4) is 0 Å². The highest BCUT2D eigenvalue weighted by molar-refractivity contribution is 4.89. The fourth-order valence-corrected chi connectivity index (χ4v) is 2.36. The fourth-order valence-electron chi connectivity index (χ4n) is 2.36. The molecule has 0 aromatic rings. The Morgan fingerprint density at radius 3 is 1.10 bits per heavy atom. The molecule has 0 saturated heterocycles. The summed E-state index contributed by atoms with van der Waals surface area (Å²) in [6.07, 6.45) is 0.744. The molecule has 0 spiro atoms. The lowest BCUT2D eigenvalue weighted by molar-refractivity contribution is -0.242. The molecule has 6 heteroatoms. The van der Waals surface area contributed by atoms with Crippen molar-refractivity contribution in [2.24, 2.45) is 0 Å². The maximum atomic E-state index is 6.35. The minimum Gasteiger partial charge on any atom is -0.382 e. The minimum atomic E-state index is -0.689. The van der Waals surface area contributed by atoms with Gasteiger partial charge in [0.15, 0.2) is 0 Å². The van der Waals surface area contributed by atoms with E-state index >= 15 is 0 Å². The molecule has 6 nitrogen and oxygen atoms in total. The molecule has 0 atom stereocenters. The van der Waals surface area contributed by atoms with Gasteiger partial charge in [-0.25, -0.2) is 0 Å². The van der Waals surface area contributed by atoms with E-state index in [4.69, 9.17) is 28.4 Å². The summed E-state index contributed by atoms with van der Waals surface area (Å²) in [4.78, 5) is 0. The van der Waals surface area contributed by atoms with E-state index in [0.717, 1.165) is 6.42 Å². The van der Waals surface area contributed by atoms with E-state index in [1.54, 1.807) is 35.5 Å². The normalized spacial score (nSPS) is 12.9. The zero-order valence-corrected chi connectivity index (χ0v) is 13.7. The van der Waals surface area contributed by atoms with Crippen LogP contribution in [0.25, 0.3) is 0 Å². The van der Waals surface area contributed by atoms with Gasteiger partial charge in [0, 0.05) is 35.5 Å². The van der Waals surface area contributed by atoms with Crippen molar-refractivity contribution >= 4 is 0 Å². The van der Waals surface area contributed by atoms with Gasteiger partial charge in [-0.1, -0.05) is 6.92 Å². The summed E-state index contributed by atoms with van der Waals surface area (Å²) in [5.41, 5.74) is -1.25. The molecule has 0 aliphatic carbocycles. The Kier molecular flexibility index (Phi) is 10.4. The quantitative estimate of drug-likeness (QED) is 0.507. The fraction of sp³-hybridized carbons (Fsp3) is 1.00. The van der Waals surface area contributed by atoms with E-state index < -0.39 is 11.2 Å². The molecule has 0 unspecified atom stereocenters. The molecule has 0 rings (SSSR count). The molecule has 0 amide bonds. The van der Waals surface area contributed by atoms with Crippen molar-refractivity contribution in [3.05, 3.63) is 0 Å². The maximum Gasteiger partial charge on any atom is 0.139 e. The molecule has 0 aromatic carbocycles. The molecule has 0 N–H and O–H groups in total. The van der Waals surface area contributed by atoms with E-state index in [9.17, 15) is 0 Å². The Bertz CT molecular complexity index is 211. The third-order valence-electron chi connectivity index (χ3n) is 3.11. The summed E-state index contributed by atoms with van der Waals surface area (Å²) in [5.74, 6) is 0. The number of hydrogen-bond acceptors (Lipinski definition) is 6. The number of methoxy groups -OCH3 is 5. The second-order valence-electron chi connectivity index (χ2n) is 4.99. The van der Waals surface area contributed by atoms with Crippen molar-refractivity contribution in [1.82, 2.24) is 0 Å². The van der Waals surface area contributed by atoms with Crippen LogP contribution in [-0.2, 0) is 28.4 Å². The summed E-state index contributed by atoms with van der Waals surface area (Å²) >= 11 is 0. The molecule has 0 heterocycles. The Morgan fingerprint density at radius 2 is 0.850 bits per heavy atom. The van der Waals surface area contributed by atoms with Gasteiger partial charge in [-0.2, -0.15) is 0 Å². The number of hydrogen-bond donors (Lipinski definition) is 0. The van der Waals surface area contributed by atoms with Gasteiger partial charge in [0.05, 0.1) is 33.0 Å². The average molecular weight is 294 g/mol. The Morgan fingerprint density at radius 1 is 0.550 bits per heavy atom.